The van der Waals surface area contributed by atoms with Crippen LogP contribution in [0.2, 0.25) is 5.02 Å². The van der Waals surface area contributed by atoms with Crippen molar-refractivity contribution in [1.29, 1.82) is 0 Å². The molecule has 31 heavy (non-hydrogen) atoms. The molecule has 1 amide bonds. The number of thiazole rings is 1. The fraction of sp³-hybridized carbons (Fsp3) is 0.391. The van der Waals surface area contributed by atoms with Crippen LogP contribution in [0.5, 0.6) is 11.5 Å². The monoisotopic (exact) mass is 461 g/mol. The van der Waals surface area contributed by atoms with Gasteiger partial charge in [-0.15, -0.1) is 0 Å². The second-order valence-corrected chi connectivity index (χ2v) is 8.48. The lowest BCUT2D eigenvalue weighted by Gasteiger charge is -2.24. The Morgan fingerprint density at radius 3 is 2.45 bits per heavy atom. The van der Waals surface area contributed by atoms with Crippen molar-refractivity contribution in [3.05, 3.63) is 47.0 Å². The number of hydrogen-bond acceptors (Lipinski definition) is 6. The summed E-state index contributed by atoms with van der Waals surface area (Å²) in [5.41, 5.74) is 1.80. The number of ether oxygens (including phenoxy) is 2. The van der Waals surface area contributed by atoms with E-state index >= 15 is 0 Å². The SMILES string of the molecule is CCN(CC)CCN(C(=O)COc1ccc(C)cc1)c1nc2c(OC)ccc(Cl)c2s1. The minimum atomic E-state index is -0.151. The number of amides is 1. The van der Waals surface area contributed by atoms with Crippen molar-refractivity contribution in [3.8, 4) is 11.5 Å². The third-order valence-corrected chi connectivity index (χ3v) is 6.66. The van der Waals surface area contributed by atoms with Crippen molar-refractivity contribution in [2.75, 3.05) is 44.8 Å². The maximum absolute atomic E-state index is 13.2. The Hall–Kier alpha value is -2.35. The number of methoxy groups -OCH3 is 1. The predicted octanol–water partition coefficient (Wildman–Crippen LogP) is 5.02. The third-order valence-electron chi connectivity index (χ3n) is 5.12. The molecule has 0 aliphatic carbocycles. The highest BCUT2D eigenvalue weighted by atomic mass is 35.5. The summed E-state index contributed by atoms with van der Waals surface area (Å²) in [6.07, 6.45) is 0. The second kappa shape index (κ2) is 10.8. The molecule has 6 nitrogen and oxygen atoms in total. The van der Waals surface area contributed by atoms with Crippen LogP contribution >= 0.6 is 22.9 Å². The Morgan fingerprint density at radius 1 is 1.10 bits per heavy atom. The van der Waals surface area contributed by atoms with Gasteiger partial charge < -0.3 is 14.4 Å². The zero-order valence-electron chi connectivity index (χ0n) is 18.4. The van der Waals surface area contributed by atoms with Crippen molar-refractivity contribution < 1.29 is 14.3 Å². The maximum atomic E-state index is 13.2. The maximum Gasteiger partial charge on any atom is 0.266 e. The van der Waals surface area contributed by atoms with Crippen LogP contribution in [0.25, 0.3) is 10.2 Å². The summed E-state index contributed by atoms with van der Waals surface area (Å²) < 4.78 is 12.0. The number of nitrogens with zero attached hydrogens (tertiary/aromatic N) is 3. The fourth-order valence-electron chi connectivity index (χ4n) is 3.19. The van der Waals surface area contributed by atoms with Crippen molar-refractivity contribution in [2.45, 2.75) is 20.8 Å². The quantitative estimate of drug-likeness (QED) is 0.424. The van der Waals surface area contributed by atoms with Gasteiger partial charge in [-0.05, 0) is 44.3 Å². The van der Waals surface area contributed by atoms with Crippen LogP contribution < -0.4 is 14.4 Å². The molecule has 0 saturated carbocycles. The molecule has 0 N–H and O–H groups in total. The van der Waals surface area contributed by atoms with E-state index in [0.717, 1.165) is 29.9 Å². The van der Waals surface area contributed by atoms with Gasteiger partial charge in [-0.3, -0.25) is 9.69 Å². The summed E-state index contributed by atoms with van der Waals surface area (Å²) in [6, 6.07) is 11.2. The zero-order chi connectivity index (χ0) is 22.4. The van der Waals surface area contributed by atoms with Crippen LogP contribution in [0.1, 0.15) is 19.4 Å². The number of benzene rings is 2. The van der Waals surface area contributed by atoms with Gasteiger partial charge in [0.25, 0.3) is 5.91 Å². The Bertz CT molecular complexity index is 1020. The molecule has 3 aromatic rings. The first-order valence-corrected chi connectivity index (χ1v) is 11.5. The number of carbonyl (C=O) groups is 1. The number of aryl methyl sites for hydroxylation is 1. The molecule has 0 fully saturated rings. The number of rotatable bonds is 10. The minimum Gasteiger partial charge on any atom is -0.494 e. The molecule has 0 bridgehead atoms. The molecular weight excluding hydrogens is 434 g/mol. The van der Waals surface area contributed by atoms with E-state index < -0.39 is 0 Å². The molecule has 0 radical (unpaired) electrons. The summed E-state index contributed by atoms with van der Waals surface area (Å²) in [7, 11) is 1.60. The Kier molecular flexibility index (Phi) is 8.12. The second-order valence-electron chi connectivity index (χ2n) is 7.10. The average molecular weight is 462 g/mol. The Morgan fingerprint density at radius 2 is 1.81 bits per heavy atom. The van der Waals surface area contributed by atoms with E-state index in [1.165, 1.54) is 11.3 Å². The van der Waals surface area contributed by atoms with Gasteiger partial charge in [-0.1, -0.05) is 54.5 Å². The number of halogens is 1. The molecule has 0 atom stereocenters. The van der Waals surface area contributed by atoms with E-state index in [1.54, 1.807) is 24.1 Å². The molecule has 166 valence electrons. The summed E-state index contributed by atoms with van der Waals surface area (Å²) in [6.45, 7) is 9.24. The zero-order valence-corrected chi connectivity index (χ0v) is 19.9. The number of aromatic nitrogens is 1. The summed E-state index contributed by atoms with van der Waals surface area (Å²) in [4.78, 5) is 21.8. The van der Waals surface area contributed by atoms with Gasteiger partial charge in [0.05, 0.1) is 16.8 Å². The molecule has 1 heterocycles. The van der Waals surface area contributed by atoms with Crippen LogP contribution in [-0.2, 0) is 4.79 Å². The van der Waals surface area contributed by atoms with Crippen LogP contribution in [0.4, 0.5) is 5.13 Å². The summed E-state index contributed by atoms with van der Waals surface area (Å²) in [5, 5.41) is 1.18. The predicted molar refractivity (Wildman–Crippen MR) is 128 cm³/mol. The molecule has 1 aromatic heterocycles. The van der Waals surface area contributed by atoms with Gasteiger partial charge in [-0.25, -0.2) is 4.98 Å². The van der Waals surface area contributed by atoms with Crippen LogP contribution in [0, 0.1) is 6.92 Å². The van der Waals surface area contributed by atoms with Gasteiger partial charge in [0.15, 0.2) is 11.7 Å². The number of likely N-dealkylation sites (N-methyl/N-ethyl adjacent to an activating group) is 1. The first-order chi connectivity index (χ1) is 15.0. The topological polar surface area (TPSA) is 54.9 Å². The Balaban J connectivity index is 1.86. The number of carbonyl (C=O) groups excluding carboxylic acids is 1. The molecule has 0 aliphatic rings. The lowest BCUT2D eigenvalue weighted by molar-refractivity contribution is -0.120. The van der Waals surface area contributed by atoms with E-state index in [-0.39, 0.29) is 12.5 Å². The standard InChI is InChI=1S/C23H28ClN3O3S/c1-5-26(6-2)13-14-27(20(28)15-30-17-9-7-16(3)8-10-17)23-25-21-19(29-4)12-11-18(24)22(21)31-23/h7-12H,5-6,13-15H2,1-4H3. The average Bonchev–Trinajstić information content (AvgIpc) is 3.22. The molecular formula is C23H28ClN3O3S. The highest BCUT2D eigenvalue weighted by Crippen LogP contribution is 2.38. The minimum absolute atomic E-state index is 0.0674. The Labute approximate surface area is 192 Å². The van der Waals surface area contributed by atoms with Crippen molar-refractivity contribution in [2.24, 2.45) is 0 Å². The number of fused-ring (bicyclic) bond motifs is 1. The van der Waals surface area contributed by atoms with Gasteiger partial charge in [0.2, 0.25) is 0 Å². The molecule has 0 aliphatic heterocycles. The fourth-order valence-corrected chi connectivity index (χ4v) is 4.49. The normalized spacial score (nSPS) is 11.2. The molecule has 2 aromatic carbocycles. The van der Waals surface area contributed by atoms with Crippen molar-refractivity contribution >= 4 is 44.2 Å². The smallest absolute Gasteiger partial charge is 0.266 e. The van der Waals surface area contributed by atoms with Crippen molar-refractivity contribution in [3.63, 3.8) is 0 Å². The number of anilines is 1. The van der Waals surface area contributed by atoms with Gasteiger partial charge in [-0.2, -0.15) is 0 Å². The highest BCUT2D eigenvalue weighted by molar-refractivity contribution is 7.23. The summed E-state index contributed by atoms with van der Waals surface area (Å²) >= 11 is 7.78. The van der Waals surface area contributed by atoms with Crippen LogP contribution in [-0.4, -0.2) is 55.7 Å². The van der Waals surface area contributed by atoms with E-state index in [2.05, 4.69) is 18.7 Å². The van der Waals surface area contributed by atoms with E-state index in [4.69, 9.17) is 26.1 Å². The lowest BCUT2D eigenvalue weighted by atomic mass is 10.2. The molecule has 0 spiro atoms. The van der Waals surface area contributed by atoms with E-state index in [0.29, 0.717) is 33.7 Å². The third kappa shape index (κ3) is 5.67. The molecule has 0 saturated heterocycles. The first kappa shape index (κ1) is 23.3. The lowest BCUT2D eigenvalue weighted by Crippen LogP contribution is -2.41. The van der Waals surface area contributed by atoms with E-state index in [9.17, 15) is 4.79 Å². The largest absolute Gasteiger partial charge is 0.494 e. The van der Waals surface area contributed by atoms with Crippen LogP contribution in [0.3, 0.4) is 0 Å². The highest BCUT2D eigenvalue weighted by Gasteiger charge is 2.23. The number of hydrogen-bond donors (Lipinski definition) is 0. The summed E-state index contributed by atoms with van der Waals surface area (Å²) in [5.74, 6) is 1.15. The molecule has 0 unspecified atom stereocenters. The van der Waals surface area contributed by atoms with Gasteiger partial charge >= 0.3 is 0 Å². The van der Waals surface area contributed by atoms with Gasteiger partial charge in [0, 0.05) is 13.1 Å². The van der Waals surface area contributed by atoms with Crippen LogP contribution in [0.15, 0.2) is 36.4 Å². The molecule has 3 rings (SSSR count). The molecule has 8 heteroatoms. The first-order valence-electron chi connectivity index (χ1n) is 10.3. The van der Waals surface area contributed by atoms with E-state index in [1.807, 2.05) is 31.2 Å². The van der Waals surface area contributed by atoms with Gasteiger partial charge in [0.1, 0.15) is 17.0 Å². The van der Waals surface area contributed by atoms with Crippen molar-refractivity contribution in [1.82, 2.24) is 9.88 Å².